The molecule has 1 saturated carbocycles. The summed E-state index contributed by atoms with van der Waals surface area (Å²) in [5.41, 5.74) is 9.93. The molecular formula is C44H51N5O6. The Bertz CT molecular complexity index is 2170. The Morgan fingerprint density at radius 2 is 1.98 bits per heavy atom. The fourth-order valence-corrected chi connectivity index (χ4v) is 8.36. The van der Waals surface area contributed by atoms with Gasteiger partial charge in [0.1, 0.15) is 17.8 Å². The summed E-state index contributed by atoms with van der Waals surface area (Å²) >= 11 is 0. The van der Waals surface area contributed by atoms with Crippen LogP contribution in [-0.4, -0.2) is 69.8 Å². The summed E-state index contributed by atoms with van der Waals surface area (Å²) in [5.74, 6) is 1.14. The van der Waals surface area contributed by atoms with E-state index < -0.39 is 23.5 Å². The Balaban J connectivity index is 1.38. The Morgan fingerprint density at radius 3 is 2.71 bits per heavy atom. The first-order chi connectivity index (χ1) is 26.4. The second-order valence-electron chi connectivity index (χ2n) is 16.0. The van der Waals surface area contributed by atoms with Gasteiger partial charge in [-0.3, -0.25) is 24.4 Å². The summed E-state index contributed by atoms with van der Waals surface area (Å²) in [6.07, 6.45) is 10.4. The molecule has 55 heavy (non-hydrogen) atoms. The third-order valence-electron chi connectivity index (χ3n) is 11.5. The van der Waals surface area contributed by atoms with Crippen LogP contribution in [0.5, 0.6) is 5.75 Å². The summed E-state index contributed by atoms with van der Waals surface area (Å²) < 4.78 is 14.1. The quantitative estimate of drug-likeness (QED) is 0.159. The zero-order valence-electron chi connectivity index (χ0n) is 32.4. The van der Waals surface area contributed by atoms with Crippen molar-refractivity contribution in [2.24, 2.45) is 17.3 Å². The highest BCUT2D eigenvalue weighted by Crippen LogP contribution is 2.42. The van der Waals surface area contributed by atoms with Crippen molar-refractivity contribution < 1.29 is 29.0 Å². The number of fused-ring (bicyclic) bond motifs is 6. The van der Waals surface area contributed by atoms with Gasteiger partial charge in [0.2, 0.25) is 5.91 Å². The average molecular weight is 746 g/mol. The molecule has 1 aliphatic carbocycles. The highest BCUT2D eigenvalue weighted by molar-refractivity contribution is 5.95. The van der Waals surface area contributed by atoms with E-state index in [1.807, 2.05) is 25.1 Å². The molecule has 2 unspecified atom stereocenters. The van der Waals surface area contributed by atoms with E-state index in [0.29, 0.717) is 44.3 Å². The molecule has 11 nitrogen and oxygen atoms in total. The predicted octanol–water partition coefficient (Wildman–Crippen LogP) is 6.11. The minimum absolute atomic E-state index is 0.0477. The summed E-state index contributed by atoms with van der Waals surface area (Å²) in [6, 6.07) is 14.0. The van der Waals surface area contributed by atoms with Gasteiger partial charge in [0.05, 0.1) is 30.0 Å². The smallest absolute Gasteiger partial charge is 0.324 e. The second-order valence-corrected chi connectivity index (χ2v) is 16.0. The van der Waals surface area contributed by atoms with Gasteiger partial charge in [-0.1, -0.05) is 26.0 Å². The number of ether oxygens (including phenoxy) is 2. The fraction of sp³-hybridized carbons (Fsp3) is 0.455. The molecule has 288 valence electrons. The molecule has 3 N–H and O–H groups in total. The van der Waals surface area contributed by atoms with Gasteiger partial charge in [-0.2, -0.15) is 0 Å². The number of amides is 2. The Morgan fingerprint density at radius 1 is 1.16 bits per heavy atom. The van der Waals surface area contributed by atoms with Gasteiger partial charge < -0.3 is 24.5 Å². The molecule has 2 amide bonds. The topological polar surface area (TPSA) is 135 Å². The molecular weight excluding hydrogens is 695 g/mol. The number of hydrogen-bond acceptors (Lipinski definition) is 8. The Labute approximate surface area is 322 Å². The highest BCUT2D eigenvalue weighted by atomic mass is 16.5. The Hall–Kier alpha value is -5.18. The molecule has 7 rings (SSSR count). The van der Waals surface area contributed by atoms with Gasteiger partial charge in [-0.05, 0) is 105 Å². The van der Waals surface area contributed by atoms with E-state index >= 15 is 0 Å². The minimum atomic E-state index is -0.973. The molecule has 2 aromatic heterocycles. The number of hydrazine groups is 1. The molecule has 11 heteroatoms. The van der Waals surface area contributed by atoms with Gasteiger partial charge in [-0.15, -0.1) is 12.3 Å². The fourth-order valence-electron chi connectivity index (χ4n) is 8.36. The molecule has 4 heterocycles. The second kappa shape index (κ2) is 15.5. The number of terminal acetylenes is 1. The van der Waals surface area contributed by atoms with Crippen LogP contribution in [0.3, 0.4) is 0 Å². The number of nitrogens with one attached hydrogen (secondary N) is 2. The number of aromatic nitrogens is 2. The number of rotatable bonds is 6. The van der Waals surface area contributed by atoms with Crippen molar-refractivity contribution in [3.8, 4) is 40.5 Å². The summed E-state index contributed by atoms with van der Waals surface area (Å²) in [6.45, 7) is 9.51. The molecule has 2 aromatic carbocycles. The number of benzene rings is 2. The monoisotopic (exact) mass is 745 g/mol. The molecule has 5 atom stereocenters. The van der Waals surface area contributed by atoms with Crippen LogP contribution in [-0.2, 0) is 43.2 Å². The first-order valence-corrected chi connectivity index (χ1v) is 19.4. The van der Waals surface area contributed by atoms with Crippen LogP contribution in [0.1, 0.15) is 76.3 Å². The standard InChI is InChI=1S/C44H51N5O6/c1-7-28-13-15-32(28)41(51)46-37-21-27-19-30(22-31(50)20-27)29-14-16-38-34(23-29)35(40(48(38)8-2)33-11-9-17-45-39(33)26(3)54-6)24-44(4,5)25-55-43(53)36-12-10-18-49(47-36)42(37)52/h1,9,11,14,16-17,19-20,22-23,26,28,32,36-37,47,50H,8,10,12-13,15,18,21,24-25H2,2-6H3,(H,46,51)/t26-,28?,32?,36-,37-/m0/s1. The van der Waals surface area contributed by atoms with Gasteiger partial charge in [0.25, 0.3) is 5.91 Å². The molecule has 2 aliphatic heterocycles. The molecule has 3 aliphatic rings. The van der Waals surface area contributed by atoms with Crippen LogP contribution in [0.25, 0.3) is 33.3 Å². The normalized spacial score (nSPS) is 23.2. The Kier molecular flexibility index (Phi) is 10.8. The van der Waals surface area contributed by atoms with Crippen molar-refractivity contribution in [3.63, 3.8) is 0 Å². The maximum Gasteiger partial charge on any atom is 0.324 e. The SMILES string of the molecule is C#CC1CCC1C(=O)N[C@H]1Cc2cc(O)cc(c2)-c2ccc3c(c2)c(c(-c2cccnc2[C@H](C)OC)n3CC)CC(C)(C)COC(=O)[C@@H]2CCCN(N2)C1=O. The van der Waals surface area contributed by atoms with Gasteiger partial charge >= 0.3 is 5.97 Å². The lowest BCUT2D eigenvalue weighted by atomic mass is 9.73. The van der Waals surface area contributed by atoms with Crippen LogP contribution < -0.4 is 10.7 Å². The number of cyclic esters (lactones) is 1. The number of phenolic OH excluding ortho intramolecular Hbond substituents is 1. The highest BCUT2D eigenvalue weighted by Gasteiger charge is 2.39. The molecule has 0 radical (unpaired) electrons. The lowest BCUT2D eigenvalue weighted by molar-refractivity contribution is -0.155. The molecule has 2 fully saturated rings. The predicted molar refractivity (Wildman–Crippen MR) is 210 cm³/mol. The van der Waals surface area contributed by atoms with E-state index in [1.54, 1.807) is 25.4 Å². The maximum atomic E-state index is 14.2. The molecule has 0 spiro atoms. The molecule has 6 bridgehead atoms. The lowest BCUT2D eigenvalue weighted by Gasteiger charge is -2.37. The summed E-state index contributed by atoms with van der Waals surface area (Å²) in [5, 5.41) is 16.6. The number of carbonyl (C=O) groups excluding carboxylic acids is 3. The first kappa shape index (κ1) is 38.1. The summed E-state index contributed by atoms with van der Waals surface area (Å²) in [4.78, 5) is 46.2. The van der Waals surface area contributed by atoms with Gasteiger partial charge in [-0.25, -0.2) is 5.43 Å². The molecule has 4 aromatic rings. The van der Waals surface area contributed by atoms with Crippen LogP contribution in [0.15, 0.2) is 54.7 Å². The van der Waals surface area contributed by atoms with Crippen molar-refractivity contribution in [1.82, 2.24) is 25.3 Å². The van der Waals surface area contributed by atoms with E-state index in [4.69, 9.17) is 20.9 Å². The average Bonchev–Trinajstić information content (AvgIpc) is 3.46. The van der Waals surface area contributed by atoms with E-state index in [1.165, 1.54) is 5.01 Å². The van der Waals surface area contributed by atoms with Crippen LogP contribution in [0.2, 0.25) is 0 Å². The van der Waals surface area contributed by atoms with Gasteiger partial charge in [0, 0.05) is 60.6 Å². The third-order valence-corrected chi connectivity index (χ3v) is 11.5. The first-order valence-electron chi connectivity index (χ1n) is 19.4. The number of nitrogens with zero attached hydrogens (tertiary/aromatic N) is 3. The number of pyridine rings is 1. The third kappa shape index (κ3) is 7.58. The van der Waals surface area contributed by atoms with Gasteiger partial charge in [0.15, 0.2) is 0 Å². The maximum absolute atomic E-state index is 14.2. The number of hydrogen-bond donors (Lipinski definition) is 3. The lowest BCUT2D eigenvalue weighted by Crippen LogP contribution is -2.61. The van der Waals surface area contributed by atoms with Crippen molar-refractivity contribution in [2.45, 2.75) is 91.0 Å². The van der Waals surface area contributed by atoms with Crippen LogP contribution in [0, 0.1) is 29.6 Å². The van der Waals surface area contributed by atoms with Crippen molar-refractivity contribution in [1.29, 1.82) is 0 Å². The number of carbonyl (C=O) groups is 3. The largest absolute Gasteiger partial charge is 0.508 e. The number of aryl methyl sites for hydroxylation is 1. The van der Waals surface area contributed by atoms with Crippen LogP contribution >= 0.6 is 0 Å². The van der Waals surface area contributed by atoms with E-state index in [-0.39, 0.29) is 48.5 Å². The number of phenols is 1. The van der Waals surface area contributed by atoms with E-state index in [2.05, 4.69) is 60.2 Å². The number of aromatic hydroxyl groups is 1. The number of esters is 1. The van der Waals surface area contributed by atoms with Crippen molar-refractivity contribution >= 4 is 28.7 Å². The van der Waals surface area contributed by atoms with Crippen molar-refractivity contribution in [3.05, 3.63) is 71.5 Å². The van der Waals surface area contributed by atoms with E-state index in [9.17, 15) is 19.5 Å². The van der Waals surface area contributed by atoms with Crippen molar-refractivity contribution in [2.75, 3.05) is 20.3 Å². The van der Waals surface area contributed by atoms with Crippen LogP contribution in [0.4, 0.5) is 0 Å². The minimum Gasteiger partial charge on any atom is -0.508 e. The summed E-state index contributed by atoms with van der Waals surface area (Å²) in [7, 11) is 1.68. The zero-order chi connectivity index (χ0) is 39.0. The molecule has 1 saturated heterocycles. The number of methoxy groups -OCH3 is 1. The zero-order valence-corrected chi connectivity index (χ0v) is 32.4. The van der Waals surface area contributed by atoms with E-state index in [0.717, 1.165) is 51.0 Å².